The van der Waals surface area contributed by atoms with Crippen molar-refractivity contribution in [1.29, 1.82) is 0 Å². The third kappa shape index (κ3) is 2.69. The molecule has 88 valence electrons. The van der Waals surface area contributed by atoms with Crippen LogP contribution in [0.3, 0.4) is 0 Å². The monoisotopic (exact) mass is 214 g/mol. The van der Waals surface area contributed by atoms with Crippen LogP contribution in [0.15, 0.2) is 0 Å². The van der Waals surface area contributed by atoms with Gasteiger partial charge in [0.25, 0.3) is 0 Å². The van der Waals surface area contributed by atoms with E-state index in [1.54, 1.807) is 14.2 Å². The largest absolute Gasteiger partial charge is 0.376 e. The van der Waals surface area contributed by atoms with Crippen molar-refractivity contribution in [2.75, 3.05) is 20.7 Å². The van der Waals surface area contributed by atoms with Gasteiger partial charge in [0.1, 0.15) is 0 Å². The summed E-state index contributed by atoms with van der Waals surface area (Å²) < 4.78 is 5.44. The van der Waals surface area contributed by atoms with Gasteiger partial charge in [0, 0.05) is 13.7 Å². The maximum Gasteiger partial charge on any atom is 0.239 e. The van der Waals surface area contributed by atoms with Gasteiger partial charge < -0.3 is 15.4 Å². The summed E-state index contributed by atoms with van der Waals surface area (Å²) in [5, 5.41) is 5.92. The van der Waals surface area contributed by atoms with Gasteiger partial charge in [-0.1, -0.05) is 0 Å². The van der Waals surface area contributed by atoms with Crippen molar-refractivity contribution in [2.24, 2.45) is 0 Å². The first kappa shape index (κ1) is 12.5. The molecule has 1 amide bonds. The highest BCUT2D eigenvalue weighted by Gasteiger charge is 2.38. The summed E-state index contributed by atoms with van der Waals surface area (Å²) in [6.45, 7) is 4.35. The highest BCUT2D eigenvalue weighted by molar-refractivity contribution is 5.85. The van der Waals surface area contributed by atoms with E-state index >= 15 is 0 Å². The molecule has 4 nitrogen and oxygen atoms in total. The number of likely N-dealkylation sites (N-methyl/N-ethyl adjacent to an activating group) is 1. The first-order valence-electron chi connectivity index (χ1n) is 5.48. The highest BCUT2D eigenvalue weighted by atomic mass is 16.5. The smallest absolute Gasteiger partial charge is 0.239 e. The Hall–Kier alpha value is -0.610. The summed E-state index contributed by atoms with van der Waals surface area (Å²) >= 11 is 0. The summed E-state index contributed by atoms with van der Waals surface area (Å²) in [6.07, 6.45) is 3.28. The van der Waals surface area contributed by atoms with Crippen molar-refractivity contribution in [3.63, 3.8) is 0 Å². The van der Waals surface area contributed by atoms with Crippen LogP contribution in [0.25, 0.3) is 0 Å². The van der Waals surface area contributed by atoms with Gasteiger partial charge in [-0.05, 0) is 40.2 Å². The van der Waals surface area contributed by atoms with Gasteiger partial charge in [-0.15, -0.1) is 0 Å². The van der Waals surface area contributed by atoms with Crippen molar-refractivity contribution in [1.82, 2.24) is 10.6 Å². The minimum atomic E-state index is -0.515. The molecular formula is C11H22N2O2. The fourth-order valence-electron chi connectivity index (χ4n) is 1.60. The number of carbonyl (C=O) groups excluding carboxylic acids is 1. The molecule has 4 heteroatoms. The number of hydrogen-bond donors (Lipinski definition) is 2. The topological polar surface area (TPSA) is 50.4 Å². The molecule has 0 atom stereocenters. The molecule has 0 aliphatic heterocycles. The Morgan fingerprint density at radius 1 is 1.47 bits per heavy atom. The number of nitrogens with one attached hydrogen (secondary N) is 2. The minimum Gasteiger partial charge on any atom is -0.376 e. The number of carbonyl (C=O) groups is 1. The van der Waals surface area contributed by atoms with Crippen molar-refractivity contribution in [3.05, 3.63) is 0 Å². The Bertz CT molecular complexity index is 229. The van der Waals surface area contributed by atoms with Gasteiger partial charge in [-0.2, -0.15) is 0 Å². The van der Waals surface area contributed by atoms with E-state index in [0.29, 0.717) is 6.54 Å². The zero-order valence-corrected chi connectivity index (χ0v) is 10.1. The van der Waals surface area contributed by atoms with Gasteiger partial charge in [-0.3, -0.25) is 4.79 Å². The number of ether oxygens (including phenoxy) is 1. The van der Waals surface area contributed by atoms with E-state index in [9.17, 15) is 4.79 Å². The second-order valence-electron chi connectivity index (χ2n) is 4.80. The molecule has 1 aliphatic carbocycles. The lowest BCUT2D eigenvalue weighted by molar-refractivity contribution is -0.129. The number of amides is 1. The minimum absolute atomic E-state index is 0.0216. The van der Waals surface area contributed by atoms with E-state index in [2.05, 4.69) is 10.6 Å². The number of hydrogen-bond acceptors (Lipinski definition) is 3. The molecule has 0 heterocycles. The van der Waals surface area contributed by atoms with Crippen molar-refractivity contribution >= 4 is 5.91 Å². The van der Waals surface area contributed by atoms with Crippen LogP contribution in [0.2, 0.25) is 0 Å². The lowest BCUT2D eigenvalue weighted by Crippen LogP contribution is -2.56. The molecule has 0 saturated heterocycles. The van der Waals surface area contributed by atoms with E-state index in [1.165, 1.54) is 6.42 Å². The molecule has 0 spiro atoms. The zero-order valence-electron chi connectivity index (χ0n) is 10.1. The maximum absolute atomic E-state index is 11.8. The summed E-state index contributed by atoms with van der Waals surface area (Å²) in [7, 11) is 3.50. The average Bonchev–Trinajstić information content (AvgIpc) is 2.16. The Labute approximate surface area is 91.8 Å². The van der Waals surface area contributed by atoms with Crippen LogP contribution in [-0.2, 0) is 9.53 Å². The lowest BCUT2D eigenvalue weighted by atomic mass is 9.80. The van der Waals surface area contributed by atoms with E-state index < -0.39 is 5.54 Å². The second kappa shape index (κ2) is 4.49. The van der Waals surface area contributed by atoms with Gasteiger partial charge in [0.15, 0.2) is 0 Å². The normalized spacial score (nSPS) is 19.5. The molecule has 2 N–H and O–H groups in total. The quantitative estimate of drug-likeness (QED) is 0.707. The molecule has 15 heavy (non-hydrogen) atoms. The second-order valence-corrected chi connectivity index (χ2v) is 4.80. The third-order valence-corrected chi connectivity index (χ3v) is 3.46. The van der Waals surface area contributed by atoms with Gasteiger partial charge >= 0.3 is 0 Å². The fourth-order valence-corrected chi connectivity index (χ4v) is 1.60. The average molecular weight is 214 g/mol. The predicted molar refractivity (Wildman–Crippen MR) is 59.7 cm³/mol. The molecule has 0 aromatic heterocycles. The third-order valence-electron chi connectivity index (χ3n) is 3.46. The Balaban J connectivity index is 2.40. The summed E-state index contributed by atoms with van der Waals surface area (Å²) in [5.74, 6) is 0.0216. The maximum atomic E-state index is 11.8. The molecule has 1 saturated carbocycles. The van der Waals surface area contributed by atoms with Crippen molar-refractivity contribution in [2.45, 2.75) is 44.2 Å². The van der Waals surface area contributed by atoms with Crippen LogP contribution in [-0.4, -0.2) is 37.7 Å². The summed E-state index contributed by atoms with van der Waals surface area (Å²) in [5.41, 5.74) is -0.613. The van der Waals surface area contributed by atoms with Gasteiger partial charge in [-0.25, -0.2) is 0 Å². The SMILES string of the molecule is CNC(C)(C)C(=O)NCC1(OC)CCC1. The molecule has 1 fully saturated rings. The van der Waals surface area contributed by atoms with E-state index in [0.717, 1.165) is 12.8 Å². The molecule has 0 bridgehead atoms. The van der Waals surface area contributed by atoms with E-state index in [-0.39, 0.29) is 11.5 Å². The molecule has 1 aliphatic rings. The fraction of sp³-hybridized carbons (Fsp3) is 0.909. The first-order valence-corrected chi connectivity index (χ1v) is 5.48. The van der Waals surface area contributed by atoms with Crippen molar-refractivity contribution < 1.29 is 9.53 Å². The van der Waals surface area contributed by atoms with Crippen LogP contribution in [0.5, 0.6) is 0 Å². The lowest BCUT2D eigenvalue weighted by Gasteiger charge is -2.41. The zero-order chi connectivity index (χ0) is 11.5. The van der Waals surface area contributed by atoms with Crippen LogP contribution < -0.4 is 10.6 Å². The Morgan fingerprint density at radius 2 is 2.07 bits per heavy atom. The molecule has 1 rings (SSSR count). The number of methoxy groups -OCH3 is 1. The standard InChI is InChI=1S/C11H22N2O2/c1-10(2,12-3)9(14)13-8-11(15-4)6-5-7-11/h12H,5-8H2,1-4H3,(H,13,14). The highest BCUT2D eigenvalue weighted by Crippen LogP contribution is 2.34. The van der Waals surface area contributed by atoms with E-state index in [4.69, 9.17) is 4.74 Å². The van der Waals surface area contributed by atoms with E-state index in [1.807, 2.05) is 13.8 Å². The molecule has 0 aromatic carbocycles. The Morgan fingerprint density at radius 3 is 2.40 bits per heavy atom. The molecule has 0 radical (unpaired) electrons. The predicted octanol–water partition coefficient (Wildman–Crippen LogP) is 0.670. The van der Waals surface area contributed by atoms with Crippen molar-refractivity contribution in [3.8, 4) is 0 Å². The van der Waals surface area contributed by atoms with Gasteiger partial charge in [0.2, 0.25) is 5.91 Å². The van der Waals surface area contributed by atoms with Gasteiger partial charge in [0.05, 0.1) is 11.1 Å². The number of rotatable bonds is 5. The Kier molecular flexibility index (Phi) is 3.73. The first-order chi connectivity index (χ1) is 6.96. The van der Waals surface area contributed by atoms with Crippen LogP contribution in [0, 0.1) is 0 Å². The van der Waals surface area contributed by atoms with Crippen LogP contribution >= 0.6 is 0 Å². The van der Waals surface area contributed by atoms with Crippen LogP contribution in [0.1, 0.15) is 33.1 Å². The summed E-state index contributed by atoms with van der Waals surface area (Å²) in [4.78, 5) is 11.8. The molecule has 0 unspecified atom stereocenters. The summed E-state index contributed by atoms with van der Waals surface area (Å²) in [6, 6.07) is 0. The molecule has 0 aromatic rings. The van der Waals surface area contributed by atoms with Crippen LogP contribution in [0.4, 0.5) is 0 Å². The molecular weight excluding hydrogens is 192 g/mol.